The SMILES string of the molecule is O=C(COc1ccc(Cl)cc1Cl)Oc1ccc2cc(Br)ccc2c1. The monoisotopic (exact) mass is 424 g/mol. The van der Waals surface area contributed by atoms with Crippen LogP contribution in [-0.4, -0.2) is 12.6 Å². The van der Waals surface area contributed by atoms with Crippen LogP contribution in [0.5, 0.6) is 11.5 Å². The number of benzene rings is 3. The quantitative estimate of drug-likeness (QED) is 0.386. The molecule has 0 aliphatic carbocycles. The molecular weight excluding hydrogens is 415 g/mol. The van der Waals surface area contributed by atoms with Gasteiger partial charge in [-0.05, 0) is 53.2 Å². The molecule has 0 heterocycles. The lowest BCUT2D eigenvalue weighted by atomic mass is 10.1. The molecule has 0 fully saturated rings. The van der Waals surface area contributed by atoms with Crippen molar-refractivity contribution >= 4 is 55.9 Å². The molecule has 0 radical (unpaired) electrons. The fourth-order valence-electron chi connectivity index (χ4n) is 2.15. The first-order valence-electron chi connectivity index (χ1n) is 6.99. The number of carbonyl (C=O) groups excluding carboxylic acids is 1. The van der Waals surface area contributed by atoms with Crippen molar-refractivity contribution < 1.29 is 14.3 Å². The average Bonchev–Trinajstić information content (AvgIpc) is 2.54. The molecule has 0 aromatic heterocycles. The summed E-state index contributed by atoms with van der Waals surface area (Å²) < 4.78 is 11.6. The number of halogens is 3. The van der Waals surface area contributed by atoms with Crippen LogP contribution in [0.1, 0.15) is 0 Å². The van der Waals surface area contributed by atoms with E-state index in [4.69, 9.17) is 32.7 Å². The summed E-state index contributed by atoms with van der Waals surface area (Å²) in [5, 5.41) is 2.86. The van der Waals surface area contributed by atoms with Gasteiger partial charge >= 0.3 is 5.97 Å². The zero-order chi connectivity index (χ0) is 17.1. The molecule has 6 heteroatoms. The lowest BCUT2D eigenvalue weighted by Gasteiger charge is -2.09. The van der Waals surface area contributed by atoms with Crippen molar-refractivity contribution in [1.82, 2.24) is 0 Å². The zero-order valence-electron chi connectivity index (χ0n) is 12.3. The summed E-state index contributed by atoms with van der Waals surface area (Å²) >= 11 is 15.2. The van der Waals surface area contributed by atoms with Gasteiger partial charge in [-0.1, -0.05) is 51.3 Å². The summed E-state index contributed by atoms with van der Waals surface area (Å²) in [5.74, 6) is 0.319. The number of fused-ring (bicyclic) bond motifs is 1. The van der Waals surface area contributed by atoms with Crippen molar-refractivity contribution in [2.24, 2.45) is 0 Å². The van der Waals surface area contributed by atoms with E-state index in [0.29, 0.717) is 21.5 Å². The van der Waals surface area contributed by atoms with E-state index in [9.17, 15) is 4.79 Å². The molecular formula is C18H11BrCl2O3. The van der Waals surface area contributed by atoms with Crippen molar-refractivity contribution in [3.8, 4) is 11.5 Å². The average molecular weight is 426 g/mol. The van der Waals surface area contributed by atoms with Crippen molar-refractivity contribution in [3.63, 3.8) is 0 Å². The van der Waals surface area contributed by atoms with Crippen LogP contribution in [0, 0.1) is 0 Å². The first-order valence-corrected chi connectivity index (χ1v) is 8.54. The van der Waals surface area contributed by atoms with Gasteiger partial charge in [0.05, 0.1) is 5.02 Å². The molecule has 0 amide bonds. The molecule has 0 atom stereocenters. The molecule has 0 aliphatic rings. The van der Waals surface area contributed by atoms with Crippen LogP contribution in [0.2, 0.25) is 10.0 Å². The number of ether oxygens (including phenoxy) is 2. The van der Waals surface area contributed by atoms with E-state index < -0.39 is 5.97 Å². The third-order valence-electron chi connectivity index (χ3n) is 3.24. The fourth-order valence-corrected chi connectivity index (χ4v) is 2.99. The highest BCUT2D eigenvalue weighted by atomic mass is 79.9. The molecule has 0 spiro atoms. The number of esters is 1. The van der Waals surface area contributed by atoms with Gasteiger partial charge in [0, 0.05) is 9.50 Å². The lowest BCUT2D eigenvalue weighted by Crippen LogP contribution is -2.17. The molecule has 0 N–H and O–H groups in total. The van der Waals surface area contributed by atoms with Gasteiger partial charge in [0.25, 0.3) is 0 Å². The van der Waals surface area contributed by atoms with E-state index in [1.165, 1.54) is 0 Å². The molecule has 0 saturated heterocycles. The van der Waals surface area contributed by atoms with E-state index >= 15 is 0 Å². The highest BCUT2D eigenvalue weighted by Crippen LogP contribution is 2.28. The maximum absolute atomic E-state index is 11.9. The van der Waals surface area contributed by atoms with Gasteiger partial charge < -0.3 is 9.47 Å². The number of rotatable bonds is 4. The molecule has 0 saturated carbocycles. The van der Waals surface area contributed by atoms with Gasteiger partial charge in [0.2, 0.25) is 0 Å². The summed E-state index contributed by atoms with van der Waals surface area (Å²) in [6.45, 7) is -0.250. The number of carbonyl (C=O) groups is 1. The first-order chi connectivity index (χ1) is 11.5. The smallest absolute Gasteiger partial charge is 0.349 e. The second-order valence-electron chi connectivity index (χ2n) is 4.99. The Kier molecular flexibility index (Phi) is 5.29. The lowest BCUT2D eigenvalue weighted by molar-refractivity contribution is -0.136. The normalized spacial score (nSPS) is 10.6. The Bertz CT molecular complexity index is 912. The molecule has 3 aromatic carbocycles. The third kappa shape index (κ3) is 4.20. The molecule has 3 nitrogen and oxygen atoms in total. The van der Waals surface area contributed by atoms with Crippen LogP contribution in [0.3, 0.4) is 0 Å². The van der Waals surface area contributed by atoms with Crippen molar-refractivity contribution in [2.45, 2.75) is 0 Å². The summed E-state index contributed by atoms with van der Waals surface area (Å²) in [6.07, 6.45) is 0. The van der Waals surface area contributed by atoms with Gasteiger partial charge in [0.15, 0.2) is 6.61 Å². The van der Waals surface area contributed by atoms with Crippen LogP contribution in [0.25, 0.3) is 10.8 Å². The van der Waals surface area contributed by atoms with Crippen LogP contribution < -0.4 is 9.47 Å². The molecule has 0 unspecified atom stereocenters. The topological polar surface area (TPSA) is 35.5 Å². The second kappa shape index (κ2) is 7.43. The highest BCUT2D eigenvalue weighted by molar-refractivity contribution is 9.10. The standard InChI is InChI=1S/C18H11BrCl2O3/c19-13-3-1-12-8-15(5-2-11(12)7-13)24-18(22)10-23-17-6-4-14(20)9-16(17)21/h1-9H,10H2. The minimum absolute atomic E-state index is 0.250. The van der Waals surface area contributed by atoms with Gasteiger partial charge in [-0.25, -0.2) is 4.79 Å². The largest absolute Gasteiger partial charge is 0.480 e. The van der Waals surface area contributed by atoms with E-state index in [1.54, 1.807) is 30.3 Å². The second-order valence-corrected chi connectivity index (χ2v) is 6.75. The van der Waals surface area contributed by atoms with Crippen LogP contribution in [0.15, 0.2) is 59.1 Å². The Labute approximate surface area is 157 Å². The zero-order valence-corrected chi connectivity index (χ0v) is 15.4. The van der Waals surface area contributed by atoms with Crippen molar-refractivity contribution in [2.75, 3.05) is 6.61 Å². The van der Waals surface area contributed by atoms with E-state index in [1.807, 2.05) is 24.3 Å². The third-order valence-corrected chi connectivity index (χ3v) is 4.27. The van der Waals surface area contributed by atoms with Gasteiger partial charge in [0.1, 0.15) is 11.5 Å². The number of hydrogen-bond acceptors (Lipinski definition) is 3. The minimum atomic E-state index is -0.516. The van der Waals surface area contributed by atoms with E-state index in [-0.39, 0.29) is 6.61 Å². The molecule has 122 valence electrons. The molecule has 24 heavy (non-hydrogen) atoms. The molecule has 0 aliphatic heterocycles. The summed E-state index contributed by atoms with van der Waals surface area (Å²) in [4.78, 5) is 11.9. The van der Waals surface area contributed by atoms with Crippen molar-refractivity contribution in [3.05, 3.63) is 69.1 Å². The molecule has 3 aromatic rings. The predicted molar refractivity (Wildman–Crippen MR) is 99.2 cm³/mol. The highest BCUT2D eigenvalue weighted by Gasteiger charge is 2.09. The Morgan fingerprint density at radius 3 is 2.50 bits per heavy atom. The Balaban J connectivity index is 1.65. The Morgan fingerprint density at radius 2 is 1.71 bits per heavy atom. The Hall–Kier alpha value is -1.75. The summed E-state index contributed by atoms with van der Waals surface area (Å²) in [7, 11) is 0. The van der Waals surface area contributed by atoms with Gasteiger partial charge in [-0.2, -0.15) is 0 Å². The van der Waals surface area contributed by atoms with Crippen LogP contribution in [0.4, 0.5) is 0 Å². The summed E-state index contributed by atoms with van der Waals surface area (Å²) in [6, 6.07) is 16.1. The van der Waals surface area contributed by atoms with Crippen LogP contribution >= 0.6 is 39.1 Å². The predicted octanol–water partition coefficient (Wildman–Crippen LogP) is 5.89. The fraction of sp³-hybridized carbons (Fsp3) is 0.0556. The number of hydrogen-bond donors (Lipinski definition) is 0. The van der Waals surface area contributed by atoms with Gasteiger partial charge in [-0.3, -0.25) is 0 Å². The van der Waals surface area contributed by atoms with E-state index in [0.717, 1.165) is 15.2 Å². The Morgan fingerprint density at radius 1 is 0.958 bits per heavy atom. The maximum Gasteiger partial charge on any atom is 0.349 e. The van der Waals surface area contributed by atoms with Crippen molar-refractivity contribution in [1.29, 1.82) is 0 Å². The minimum Gasteiger partial charge on any atom is -0.480 e. The van der Waals surface area contributed by atoms with Crippen LogP contribution in [-0.2, 0) is 4.79 Å². The van der Waals surface area contributed by atoms with Gasteiger partial charge in [-0.15, -0.1) is 0 Å². The summed E-state index contributed by atoms with van der Waals surface area (Å²) in [5.41, 5.74) is 0. The van der Waals surface area contributed by atoms with E-state index in [2.05, 4.69) is 15.9 Å². The molecule has 3 rings (SSSR count). The first kappa shape index (κ1) is 17.1. The maximum atomic E-state index is 11.9. The molecule has 0 bridgehead atoms.